The van der Waals surface area contributed by atoms with Crippen molar-refractivity contribution in [2.45, 2.75) is 26.1 Å². The summed E-state index contributed by atoms with van der Waals surface area (Å²) in [7, 11) is 0. The van der Waals surface area contributed by atoms with E-state index in [0.29, 0.717) is 16.6 Å². The van der Waals surface area contributed by atoms with Crippen LogP contribution in [-0.2, 0) is 4.79 Å². The minimum Gasteiger partial charge on any atom is -0.482 e. The lowest BCUT2D eigenvalue weighted by atomic mass is 10.1. The summed E-state index contributed by atoms with van der Waals surface area (Å²) in [5, 5.41) is 3.33. The van der Waals surface area contributed by atoms with Crippen LogP contribution < -0.4 is 14.8 Å². The highest BCUT2D eigenvalue weighted by molar-refractivity contribution is 7.15. The zero-order chi connectivity index (χ0) is 14.1. The molecular weight excluding hydrogens is 276 g/mol. The maximum Gasteiger partial charge on any atom is 0.271 e. The molecule has 104 valence electrons. The van der Waals surface area contributed by atoms with Crippen molar-refractivity contribution in [1.82, 2.24) is 4.98 Å². The smallest absolute Gasteiger partial charge is 0.271 e. The van der Waals surface area contributed by atoms with Crippen LogP contribution in [-0.4, -0.2) is 23.1 Å². The van der Waals surface area contributed by atoms with Gasteiger partial charge in [0.2, 0.25) is 6.10 Å². The molecule has 1 amide bonds. The molecule has 0 spiro atoms. The zero-order valence-electron chi connectivity index (χ0n) is 11.1. The lowest BCUT2D eigenvalue weighted by molar-refractivity contribution is -0.128. The molecule has 3 rings (SSSR count). The second-order valence-electron chi connectivity index (χ2n) is 4.57. The predicted molar refractivity (Wildman–Crippen MR) is 76.4 cm³/mol. The summed E-state index contributed by atoms with van der Waals surface area (Å²) in [6.07, 6.45) is 0.678. The third-order valence-corrected chi connectivity index (χ3v) is 3.78. The first-order chi connectivity index (χ1) is 9.63. The van der Waals surface area contributed by atoms with Gasteiger partial charge in [-0.1, -0.05) is 12.1 Å². The molecule has 6 heteroatoms. The van der Waals surface area contributed by atoms with Gasteiger partial charge in [0, 0.05) is 11.1 Å². The highest BCUT2D eigenvalue weighted by Gasteiger charge is 2.34. The number of aryl methyl sites for hydroxylation is 1. The lowest BCUT2D eigenvalue weighted by Crippen LogP contribution is -2.46. The topological polar surface area (TPSA) is 60.5 Å². The molecule has 1 aliphatic heterocycles. The Hall–Kier alpha value is -2.08. The van der Waals surface area contributed by atoms with Crippen molar-refractivity contribution in [2.24, 2.45) is 0 Å². The number of carbonyl (C=O) groups excluding carboxylic acids is 1. The van der Waals surface area contributed by atoms with E-state index < -0.39 is 6.10 Å². The third-order valence-electron chi connectivity index (χ3n) is 2.95. The molecule has 0 fully saturated rings. The molecule has 0 saturated carbocycles. The monoisotopic (exact) mass is 290 g/mol. The van der Waals surface area contributed by atoms with Crippen molar-refractivity contribution in [2.75, 3.05) is 5.32 Å². The van der Waals surface area contributed by atoms with E-state index in [4.69, 9.17) is 9.47 Å². The van der Waals surface area contributed by atoms with Crippen LogP contribution in [0, 0.1) is 6.92 Å². The lowest BCUT2D eigenvalue weighted by Gasteiger charge is -2.30. The van der Waals surface area contributed by atoms with Gasteiger partial charge in [-0.2, -0.15) is 0 Å². The number of hydrogen-bond acceptors (Lipinski definition) is 5. The Morgan fingerprint density at radius 3 is 2.65 bits per heavy atom. The number of nitrogens with one attached hydrogen (secondary N) is 1. The highest BCUT2D eigenvalue weighted by Crippen LogP contribution is 2.33. The molecule has 0 aliphatic carbocycles. The molecule has 2 aromatic rings. The number of benzene rings is 1. The molecule has 0 radical (unpaired) electrons. The first kappa shape index (κ1) is 12.9. The number of carbonyl (C=O) groups is 1. The Morgan fingerprint density at radius 1 is 1.30 bits per heavy atom. The van der Waals surface area contributed by atoms with E-state index in [-0.39, 0.29) is 12.0 Å². The summed E-state index contributed by atoms with van der Waals surface area (Å²) in [6, 6.07) is 7.32. The van der Waals surface area contributed by atoms with E-state index >= 15 is 0 Å². The van der Waals surface area contributed by atoms with Crippen molar-refractivity contribution in [1.29, 1.82) is 0 Å². The quantitative estimate of drug-likeness (QED) is 0.923. The molecule has 1 aliphatic rings. The van der Waals surface area contributed by atoms with Crippen LogP contribution in [0.5, 0.6) is 11.5 Å². The van der Waals surface area contributed by atoms with Gasteiger partial charge in [0.05, 0.1) is 0 Å². The van der Waals surface area contributed by atoms with Crippen molar-refractivity contribution >= 4 is 22.4 Å². The minimum absolute atomic E-state index is 0.249. The number of rotatable bonds is 2. The standard InChI is InChI=1S/C14H14N2O3S/c1-8-7-15-14(20-8)16-13(17)12-9(2)18-10-5-3-4-6-11(10)19-12/h3-7,9,12H,1-2H3,(H,15,16,17)/t9-,12-/m1/s1. The van der Waals surface area contributed by atoms with E-state index in [9.17, 15) is 4.79 Å². The first-order valence-electron chi connectivity index (χ1n) is 6.29. The molecule has 20 heavy (non-hydrogen) atoms. The number of thiazole rings is 1. The van der Waals surface area contributed by atoms with Gasteiger partial charge < -0.3 is 9.47 Å². The molecule has 2 atom stereocenters. The van der Waals surface area contributed by atoms with Crippen LogP contribution in [0.2, 0.25) is 0 Å². The van der Waals surface area contributed by atoms with Crippen molar-refractivity contribution in [3.05, 3.63) is 35.3 Å². The van der Waals surface area contributed by atoms with Crippen molar-refractivity contribution < 1.29 is 14.3 Å². The van der Waals surface area contributed by atoms with Gasteiger partial charge >= 0.3 is 0 Å². The van der Waals surface area contributed by atoms with Gasteiger partial charge in [-0.25, -0.2) is 4.98 Å². The Labute approximate surface area is 120 Å². The fraction of sp³-hybridized carbons (Fsp3) is 0.286. The van der Waals surface area contributed by atoms with Crippen LogP contribution in [0.25, 0.3) is 0 Å². The molecule has 1 N–H and O–H groups in total. The maximum absolute atomic E-state index is 12.2. The Bertz CT molecular complexity index is 641. The summed E-state index contributed by atoms with van der Waals surface area (Å²) >= 11 is 1.43. The van der Waals surface area contributed by atoms with Crippen LogP contribution in [0.4, 0.5) is 5.13 Å². The Morgan fingerprint density at radius 2 is 2.00 bits per heavy atom. The van der Waals surface area contributed by atoms with Gasteiger partial charge in [0.1, 0.15) is 6.10 Å². The molecule has 1 aromatic carbocycles. The molecule has 1 aromatic heterocycles. The Kier molecular flexibility index (Phi) is 3.31. The van der Waals surface area contributed by atoms with E-state index in [2.05, 4.69) is 10.3 Å². The third kappa shape index (κ3) is 2.46. The molecule has 5 nitrogen and oxygen atoms in total. The number of fused-ring (bicyclic) bond motifs is 1. The van der Waals surface area contributed by atoms with E-state index in [1.807, 2.05) is 32.0 Å². The average Bonchev–Trinajstić information content (AvgIpc) is 2.83. The molecule has 2 heterocycles. The number of para-hydroxylation sites is 2. The first-order valence-corrected chi connectivity index (χ1v) is 7.11. The summed E-state index contributed by atoms with van der Waals surface area (Å²) in [4.78, 5) is 17.4. The van der Waals surface area contributed by atoms with Crippen LogP contribution in [0.15, 0.2) is 30.5 Å². The fourth-order valence-electron chi connectivity index (χ4n) is 2.00. The normalized spacial score (nSPS) is 20.5. The van der Waals surface area contributed by atoms with Gasteiger partial charge in [-0.3, -0.25) is 10.1 Å². The second kappa shape index (κ2) is 5.13. The molecule has 0 saturated heterocycles. The molecular formula is C14H14N2O3S. The van der Waals surface area contributed by atoms with Gasteiger partial charge in [-0.05, 0) is 26.0 Å². The Balaban J connectivity index is 1.75. The largest absolute Gasteiger partial charge is 0.482 e. The zero-order valence-corrected chi connectivity index (χ0v) is 11.9. The summed E-state index contributed by atoms with van der Waals surface area (Å²) in [5.74, 6) is 0.997. The summed E-state index contributed by atoms with van der Waals surface area (Å²) in [5.41, 5.74) is 0. The van der Waals surface area contributed by atoms with E-state index in [0.717, 1.165) is 4.88 Å². The van der Waals surface area contributed by atoms with Crippen LogP contribution in [0.1, 0.15) is 11.8 Å². The number of hydrogen-bond donors (Lipinski definition) is 1. The molecule has 0 bridgehead atoms. The minimum atomic E-state index is -0.686. The van der Waals surface area contributed by atoms with Crippen LogP contribution in [0.3, 0.4) is 0 Å². The highest BCUT2D eigenvalue weighted by atomic mass is 32.1. The van der Waals surface area contributed by atoms with E-state index in [1.54, 1.807) is 12.3 Å². The fourth-order valence-corrected chi connectivity index (χ4v) is 2.66. The number of anilines is 1. The molecule has 0 unspecified atom stereocenters. The predicted octanol–water partition coefficient (Wildman–Crippen LogP) is 2.62. The number of aromatic nitrogens is 1. The summed E-state index contributed by atoms with van der Waals surface area (Å²) < 4.78 is 11.4. The average molecular weight is 290 g/mol. The second-order valence-corrected chi connectivity index (χ2v) is 5.81. The SMILES string of the molecule is Cc1cnc(NC(=O)[C@@H]2Oc3ccccc3O[C@@H]2C)s1. The number of nitrogens with zero attached hydrogens (tertiary/aromatic N) is 1. The van der Waals surface area contributed by atoms with Crippen molar-refractivity contribution in [3.63, 3.8) is 0 Å². The van der Waals surface area contributed by atoms with Crippen LogP contribution >= 0.6 is 11.3 Å². The van der Waals surface area contributed by atoms with Gasteiger partial charge in [0.25, 0.3) is 5.91 Å². The van der Waals surface area contributed by atoms with Crippen molar-refractivity contribution in [3.8, 4) is 11.5 Å². The van der Waals surface area contributed by atoms with Gasteiger partial charge in [0.15, 0.2) is 16.6 Å². The van der Waals surface area contributed by atoms with Gasteiger partial charge in [-0.15, -0.1) is 11.3 Å². The summed E-state index contributed by atoms with van der Waals surface area (Å²) in [6.45, 7) is 3.75. The van der Waals surface area contributed by atoms with E-state index in [1.165, 1.54) is 11.3 Å². The maximum atomic E-state index is 12.2. The number of amides is 1. The number of ether oxygens (including phenoxy) is 2.